The topological polar surface area (TPSA) is 235 Å². The number of H-pyrrole nitrogens is 3. The third kappa shape index (κ3) is 9.78. The molecular formula is C50H64ClN17O2. The predicted molar refractivity (Wildman–Crippen MR) is 270 cm³/mol. The van der Waals surface area contributed by atoms with Gasteiger partial charge in [0.25, 0.3) is 0 Å². The van der Waals surface area contributed by atoms with Crippen molar-refractivity contribution in [3.8, 4) is 12.1 Å². The molecule has 19 nitrogen and oxygen atoms in total. The van der Waals surface area contributed by atoms with Crippen LogP contribution >= 0.6 is 12.4 Å². The first-order valence-corrected chi connectivity index (χ1v) is 24.7. The number of aromatic amines is 3. The Labute approximate surface area is 414 Å². The molecule has 0 spiro atoms. The Kier molecular flexibility index (Phi) is 14.7. The SMILES string of the molecule is CN(c1ncnc2[nH]ccc12)C1C[C@@H]2CN(C(=O)CCC#N)C[C@@H]2C1.CN(c1ncnc2[nH]ccc12)C1C[C@@H]2CN(C(=O)CCC#N)C[C@@H]2C1.CN(c1ncnc2[nH]ccc12)C1C[C@H]2CNC[C@H]2C1.Cl. The first-order valence-electron chi connectivity index (χ1n) is 24.7. The summed E-state index contributed by atoms with van der Waals surface area (Å²) in [7, 11) is 6.39. The minimum Gasteiger partial charge on any atom is -0.356 e. The van der Waals surface area contributed by atoms with E-state index in [0.717, 1.165) is 114 Å². The van der Waals surface area contributed by atoms with Crippen molar-refractivity contribution >= 4 is 74.8 Å². The number of fused-ring (bicyclic) bond motifs is 6. The van der Waals surface area contributed by atoms with Gasteiger partial charge in [-0.15, -0.1) is 12.4 Å². The molecule has 20 heteroatoms. The Bertz CT molecular complexity index is 2670. The van der Waals surface area contributed by atoms with Gasteiger partial charge >= 0.3 is 0 Å². The van der Waals surface area contributed by atoms with Gasteiger partial charge in [0.05, 0.1) is 28.3 Å². The van der Waals surface area contributed by atoms with E-state index in [2.05, 4.69) is 104 Å². The molecule has 0 radical (unpaired) electrons. The van der Waals surface area contributed by atoms with Gasteiger partial charge in [-0.1, -0.05) is 0 Å². The lowest BCUT2D eigenvalue weighted by Crippen LogP contribution is -2.34. The zero-order valence-electron chi connectivity index (χ0n) is 40.2. The maximum atomic E-state index is 12.1. The molecule has 2 amide bonds. The van der Waals surface area contributed by atoms with E-state index in [1.807, 2.05) is 40.5 Å². The summed E-state index contributed by atoms with van der Waals surface area (Å²) in [6.07, 6.45) is 18.8. The molecule has 6 aromatic heterocycles. The highest BCUT2D eigenvalue weighted by atomic mass is 35.5. The molecule has 4 N–H and O–H groups in total. The number of aromatic nitrogens is 9. The van der Waals surface area contributed by atoms with Crippen LogP contribution < -0.4 is 20.0 Å². The highest BCUT2D eigenvalue weighted by molar-refractivity contribution is 5.89. The molecule has 6 aromatic rings. The molecule has 368 valence electrons. The van der Waals surface area contributed by atoms with Crippen LogP contribution in [0, 0.1) is 58.2 Å². The van der Waals surface area contributed by atoms with Crippen molar-refractivity contribution in [1.29, 1.82) is 10.5 Å². The lowest BCUT2D eigenvalue weighted by Gasteiger charge is -2.28. The summed E-state index contributed by atoms with van der Waals surface area (Å²) in [5, 5.41) is 24.0. The summed E-state index contributed by atoms with van der Waals surface area (Å²) in [5.74, 6) is 7.21. The maximum Gasteiger partial charge on any atom is 0.223 e. The van der Waals surface area contributed by atoms with Crippen LogP contribution in [0.2, 0.25) is 0 Å². The molecule has 9 heterocycles. The molecule has 9 atom stereocenters. The van der Waals surface area contributed by atoms with Crippen molar-refractivity contribution in [3.05, 3.63) is 55.8 Å². The highest BCUT2D eigenvalue weighted by Gasteiger charge is 2.45. The Morgan fingerprint density at radius 3 is 1.17 bits per heavy atom. The Balaban J connectivity index is 0.000000131. The average molecular weight is 971 g/mol. The number of rotatable bonds is 10. The Hall–Kier alpha value is -6.57. The number of nitrogens with zero attached hydrogens (tertiary/aromatic N) is 13. The van der Waals surface area contributed by atoms with E-state index in [1.54, 1.807) is 19.0 Å². The number of nitriles is 2. The van der Waals surface area contributed by atoms with Crippen LogP contribution in [0.4, 0.5) is 17.5 Å². The van der Waals surface area contributed by atoms with Crippen LogP contribution in [0.3, 0.4) is 0 Å². The molecule has 3 aliphatic heterocycles. The van der Waals surface area contributed by atoms with Gasteiger partial charge in [-0.2, -0.15) is 10.5 Å². The summed E-state index contributed by atoms with van der Waals surface area (Å²) in [5.41, 5.74) is 2.66. The van der Waals surface area contributed by atoms with Gasteiger partial charge in [-0.3, -0.25) is 9.59 Å². The predicted octanol–water partition coefficient (Wildman–Crippen LogP) is 5.68. The number of carbonyl (C=O) groups excluding carboxylic acids is 2. The van der Waals surface area contributed by atoms with Crippen molar-refractivity contribution in [3.63, 3.8) is 0 Å². The van der Waals surface area contributed by atoms with E-state index in [4.69, 9.17) is 10.5 Å². The lowest BCUT2D eigenvalue weighted by atomic mass is 10.0. The summed E-state index contributed by atoms with van der Waals surface area (Å²) < 4.78 is 0. The van der Waals surface area contributed by atoms with Crippen LogP contribution in [0.1, 0.15) is 64.2 Å². The van der Waals surface area contributed by atoms with E-state index in [1.165, 1.54) is 25.9 Å². The van der Waals surface area contributed by atoms with Crippen LogP contribution in [-0.4, -0.2) is 145 Å². The molecule has 3 saturated carbocycles. The standard InChI is InChI=1S/2C18H22N6O.C14H19N5.ClH/c2*1-23(18-15-4-6-20-17(15)21-11-22-18)14-7-12-9-24(10-13(12)8-14)16(25)3-2-5-19;1-19(11-4-9-6-15-7-10(9)5-11)14-12-2-3-16-13(12)17-8-18-14;/h2*4,6,11-14H,2-3,7-10H2,1H3,(H,20,21,22);2-3,8-11,15H,4-7H2,1H3,(H,16,17,18);1H/t2*12-,13+,14?;9-,10+,11?;. The molecule has 70 heavy (non-hydrogen) atoms. The molecule has 6 fully saturated rings. The zero-order chi connectivity index (χ0) is 47.6. The van der Waals surface area contributed by atoms with Gasteiger partial charge in [0.15, 0.2) is 0 Å². The van der Waals surface area contributed by atoms with E-state index in [9.17, 15) is 9.59 Å². The molecule has 3 unspecified atom stereocenters. The van der Waals surface area contributed by atoms with Crippen LogP contribution in [-0.2, 0) is 9.59 Å². The number of nitrogens with one attached hydrogen (secondary N) is 4. The first kappa shape index (κ1) is 48.5. The monoisotopic (exact) mass is 970 g/mol. The normalized spacial score (nSPS) is 26.0. The minimum atomic E-state index is 0. The zero-order valence-corrected chi connectivity index (χ0v) is 41.1. The van der Waals surface area contributed by atoms with Crippen molar-refractivity contribution in [2.45, 2.75) is 82.3 Å². The van der Waals surface area contributed by atoms with Crippen molar-refractivity contribution in [2.75, 3.05) is 75.1 Å². The number of carbonyl (C=O) groups is 2. The second-order valence-electron chi connectivity index (χ2n) is 20.2. The van der Waals surface area contributed by atoms with Crippen molar-refractivity contribution in [2.24, 2.45) is 35.5 Å². The fourth-order valence-electron chi connectivity index (χ4n) is 12.6. The fraction of sp³-hybridized carbons (Fsp3) is 0.560. The molecular weight excluding hydrogens is 906 g/mol. The van der Waals surface area contributed by atoms with E-state index in [0.29, 0.717) is 67.5 Å². The van der Waals surface area contributed by atoms with E-state index < -0.39 is 0 Å². The summed E-state index contributed by atoms with van der Waals surface area (Å²) in [6.45, 7) is 5.73. The molecule has 12 rings (SSSR count). The quantitative estimate of drug-likeness (QED) is 0.129. The van der Waals surface area contributed by atoms with E-state index >= 15 is 0 Å². The molecule has 6 aliphatic rings. The van der Waals surface area contributed by atoms with Gasteiger partial charge < -0.3 is 44.8 Å². The fourth-order valence-corrected chi connectivity index (χ4v) is 12.6. The Morgan fingerprint density at radius 1 is 0.543 bits per heavy atom. The average Bonchev–Trinajstić information content (AvgIpc) is 4.20. The largest absolute Gasteiger partial charge is 0.356 e. The third-order valence-corrected chi connectivity index (χ3v) is 16.3. The van der Waals surface area contributed by atoms with Crippen molar-refractivity contribution < 1.29 is 9.59 Å². The number of amides is 2. The second kappa shape index (κ2) is 21.2. The smallest absolute Gasteiger partial charge is 0.223 e. The van der Waals surface area contributed by atoms with Gasteiger partial charge in [-0.05, 0) is 105 Å². The second-order valence-corrected chi connectivity index (χ2v) is 20.2. The summed E-state index contributed by atoms with van der Waals surface area (Å²) >= 11 is 0. The number of likely N-dealkylation sites (tertiary alicyclic amines) is 2. The van der Waals surface area contributed by atoms with Gasteiger partial charge in [0.1, 0.15) is 53.4 Å². The molecule has 0 aromatic carbocycles. The van der Waals surface area contributed by atoms with Crippen LogP contribution in [0.25, 0.3) is 33.1 Å². The lowest BCUT2D eigenvalue weighted by molar-refractivity contribution is -0.131. The van der Waals surface area contributed by atoms with Crippen LogP contribution in [0.15, 0.2) is 55.8 Å². The Morgan fingerprint density at radius 2 is 0.857 bits per heavy atom. The molecule has 3 aliphatic carbocycles. The van der Waals surface area contributed by atoms with Gasteiger partial charge in [-0.25, -0.2) is 29.9 Å². The first-order chi connectivity index (χ1) is 33.7. The maximum absolute atomic E-state index is 12.1. The molecule has 3 saturated heterocycles. The highest BCUT2D eigenvalue weighted by Crippen LogP contribution is 2.43. The third-order valence-electron chi connectivity index (χ3n) is 16.3. The van der Waals surface area contributed by atoms with E-state index in [-0.39, 0.29) is 24.2 Å². The number of hydrogen-bond donors (Lipinski definition) is 4. The van der Waals surface area contributed by atoms with Gasteiger partial charge in [0, 0.05) is 110 Å². The van der Waals surface area contributed by atoms with Crippen LogP contribution in [0.5, 0.6) is 0 Å². The summed E-state index contributed by atoms with van der Waals surface area (Å²) in [4.78, 5) is 70.8. The number of hydrogen-bond acceptors (Lipinski definition) is 14. The van der Waals surface area contributed by atoms with Gasteiger partial charge in [0.2, 0.25) is 11.8 Å². The number of anilines is 3. The minimum absolute atomic E-state index is 0. The van der Waals surface area contributed by atoms with Crippen molar-refractivity contribution in [1.82, 2.24) is 60.0 Å². The summed E-state index contributed by atoms with van der Waals surface area (Å²) in [6, 6.07) is 11.7. The number of halogens is 1. The molecule has 0 bridgehead atoms.